The molecule has 1 amide bonds. The van der Waals surface area contributed by atoms with Gasteiger partial charge in [-0.25, -0.2) is 4.79 Å². The molecule has 0 bridgehead atoms. The van der Waals surface area contributed by atoms with Crippen molar-refractivity contribution in [3.05, 3.63) is 118 Å². The quantitative estimate of drug-likeness (QED) is 0.263. The lowest BCUT2D eigenvalue weighted by molar-refractivity contribution is -0.122. The molecule has 1 fully saturated rings. The third kappa shape index (κ3) is 5.70. The Morgan fingerprint density at radius 1 is 0.976 bits per heavy atom. The summed E-state index contributed by atoms with van der Waals surface area (Å²) in [5, 5.41) is 3.25. The largest absolute Gasteiger partial charge is 0.465 e. The van der Waals surface area contributed by atoms with Gasteiger partial charge in [-0.05, 0) is 89.8 Å². The monoisotopic (exact) mass is 547 g/mol. The van der Waals surface area contributed by atoms with E-state index < -0.39 is 0 Å². The summed E-state index contributed by atoms with van der Waals surface area (Å²) in [4.78, 5) is 31.3. The molecule has 2 N–H and O–H groups in total. The molecule has 6 nitrogen and oxygen atoms in total. The first-order valence-corrected chi connectivity index (χ1v) is 14.4. The van der Waals surface area contributed by atoms with Crippen molar-refractivity contribution >= 4 is 11.9 Å². The number of benzene rings is 3. The number of amides is 1. The molecule has 2 aliphatic rings. The number of ether oxygens (including phenoxy) is 1. The fraction of sp³-hybridized carbons (Fsp3) is 0.314. The number of carbonyl (C=O) groups excluding carboxylic acids is 2. The molecule has 1 saturated carbocycles. The minimum absolute atomic E-state index is 0.0462. The maximum Gasteiger partial charge on any atom is 0.337 e. The molecule has 0 radical (unpaired) electrons. The van der Waals surface area contributed by atoms with Gasteiger partial charge in [0.15, 0.2) is 0 Å². The summed E-state index contributed by atoms with van der Waals surface area (Å²) < 4.78 is 4.97. The lowest BCUT2D eigenvalue weighted by atomic mass is 9.87. The molecule has 1 aliphatic carbocycles. The minimum Gasteiger partial charge on any atom is -0.465 e. The van der Waals surface area contributed by atoms with E-state index in [0.717, 1.165) is 49.2 Å². The second-order valence-electron chi connectivity index (χ2n) is 11.4. The van der Waals surface area contributed by atoms with Gasteiger partial charge in [0, 0.05) is 43.5 Å². The van der Waals surface area contributed by atoms with E-state index in [1.54, 1.807) is 6.07 Å². The second-order valence-corrected chi connectivity index (χ2v) is 11.4. The molecular formula is C35H37N3O3. The summed E-state index contributed by atoms with van der Waals surface area (Å²) in [6.45, 7) is 7.37. The molecule has 210 valence electrons. The predicted octanol–water partition coefficient (Wildman–Crippen LogP) is 6.06. The molecule has 2 unspecified atom stereocenters. The maximum atomic E-state index is 13.1. The van der Waals surface area contributed by atoms with E-state index in [1.165, 1.54) is 40.8 Å². The standard InChI is InChI=1S/C35H37N3O3/c1-22-16-28(23(2)37-22)20-38-15-14-30-29(25-10-7-11-26(17-25)35(40)41-3)13-12-27(33(30)21-38)19-36-34(39)32-18-31(32)24-8-5-4-6-9-24/h4-13,16-17,31-32,37H,14-15,18-21H2,1-3H3,(H,36,39). The topological polar surface area (TPSA) is 74.4 Å². The van der Waals surface area contributed by atoms with Crippen molar-refractivity contribution in [1.29, 1.82) is 0 Å². The summed E-state index contributed by atoms with van der Waals surface area (Å²) in [6.07, 6.45) is 1.81. The van der Waals surface area contributed by atoms with Crippen LogP contribution in [0.5, 0.6) is 0 Å². The van der Waals surface area contributed by atoms with Crippen molar-refractivity contribution in [1.82, 2.24) is 15.2 Å². The molecule has 0 saturated heterocycles. The first-order chi connectivity index (χ1) is 19.9. The van der Waals surface area contributed by atoms with Gasteiger partial charge in [0.1, 0.15) is 0 Å². The Labute approximate surface area is 241 Å². The zero-order chi connectivity index (χ0) is 28.5. The number of hydrogen-bond donors (Lipinski definition) is 2. The highest BCUT2D eigenvalue weighted by Crippen LogP contribution is 2.47. The zero-order valence-corrected chi connectivity index (χ0v) is 24.0. The Morgan fingerprint density at radius 3 is 2.56 bits per heavy atom. The van der Waals surface area contributed by atoms with Gasteiger partial charge in [0.25, 0.3) is 0 Å². The number of rotatable bonds is 8. The third-order valence-electron chi connectivity index (χ3n) is 8.64. The summed E-state index contributed by atoms with van der Waals surface area (Å²) in [5.41, 5.74) is 11.4. The van der Waals surface area contributed by atoms with Gasteiger partial charge in [0.05, 0.1) is 12.7 Å². The van der Waals surface area contributed by atoms with Crippen LogP contribution < -0.4 is 5.32 Å². The van der Waals surface area contributed by atoms with E-state index in [2.05, 4.69) is 65.4 Å². The summed E-state index contributed by atoms with van der Waals surface area (Å²) in [7, 11) is 1.41. The average molecular weight is 548 g/mol. The van der Waals surface area contributed by atoms with Gasteiger partial charge in [-0.2, -0.15) is 0 Å². The second kappa shape index (κ2) is 11.4. The number of nitrogens with one attached hydrogen (secondary N) is 2. The number of aromatic amines is 1. The van der Waals surface area contributed by atoms with Crippen LogP contribution in [0.1, 0.15) is 61.9 Å². The van der Waals surface area contributed by atoms with Crippen LogP contribution in [0.15, 0.2) is 72.8 Å². The number of aryl methyl sites for hydroxylation is 2. The Kier molecular flexibility index (Phi) is 7.50. The van der Waals surface area contributed by atoms with Crippen LogP contribution in [0, 0.1) is 19.8 Å². The fourth-order valence-electron chi connectivity index (χ4n) is 6.35. The lowest BCUT2D eigenvalue weighted by Gasteiger charge is -2.32. The van der Waals surface area contributed by atoms with Gasteiger partial charge < -0.3 is 15.0 Å². The number of fused-ring (bicyclic) bond motifs is 1. The highest BCUT2D eigenvalue weighted by molar-refractivity contribution is 5.91. The van der Waals surface area contributed by atoms with Crippen molar-refractivity contribution in [2.45, 2.75) is 52.2 Å². The number of nitrogens with zero attached hydrogens (tertiary/aromatic N) is 1. The molecular weight excluding hydrogens is 510 g/mol. The van der Waals surface area contributed by atoms with Crippen molar-refractivity contribution in [2.75, 3.05) is 13.7 Å². The van der Waals surface area contributed by atoms with E-state index in [0.29, 0.717) is 18.0 Å². The Morgan fingerprint density at radius 2 is 1.80 bits per heavy atom. The number of carbonyl (C=O) groups is 2. The molecule has 6 rings (SSSR count). The molecule has 41 heavy (non-hydrogen) atoms. The van der Waals surface area contributed by atoms with Crippen LogP contribution in [0.2, 0.25) is 0 Å². The maximum absolute atomic E-state index is 13.1. The first-order valence-electron chi connectivity index (χ1n) is 14.4. The SMILES string of the molecule is COC(=O)c1cccc(-c2ccc(CNC(=O)C3CC3c3ccccc3)c3c2CCN(Cc2cc(C)[nH]c2C)C3)c1. The van der Waals surface area contributed by atoms with E-state index >= 15 is 0 Å². The molecule has 3 aromatic carbocycles. The Bertz CT molecular complexity index is 1590. The molecule has 2 atom stereocenters. The molecule has 4 aromatic rings. The van der Waals surface area contributed by atoms with Crippen molar-refractivity contribution in [3.63, 3.8) is 0 Å². The minimum atomic E-state index is -0.336. The number of aromatic nitrogens is 1. The number of H-pyrrole nitrogens is 1. The molecule has 1 aromatic heterocycles. The zero-order valence-electron chi connectivity index (χ0n) is 24.0. The van der Waals surface area contributed by atoms with E-state index in [-0.39, 0.29) is 17.8 Å². The van der Waals surface area contributed by atoms with Gasteiger partial charge in [-0.3, -0.25) is 9.69 Å². The summed E-state index contributed by atoms with van der Waals surface area (Å²) in [5.74, 6) is 0.161. The third-order valence-corrected chi connectivity index (χ3v) is 8.64. The highest BCUT2D eigenvalue weighted by atomic mass is 16.5. The van der Waals surface area contributed by atoms with Crippen LogP contribution in [0.25, 0.3) is 11.1 Å². The van der Waals surface area contributed by atoms with Gasteiger partial charge in [-0.1, -0.05) is 54.6 Å². The van der Waals surface area contributed by atoms with Crippen molar-refractivity contribution in [2.24, 2.45) is 5.92 Å². The van der Waals surface area contributed by atoms with E-state index in [4.69, 9.17) is 4.74 Å². The van der Waals surface area contributed by atoms with E-state index in [9.17, 15) is 9.59 Å². The van der Waals surface area contributed by atoms with Gasteiger partial charge >= 0.3 is 5.97 Å². The van der Waals surface area contributed by atoms with Gasteiger partial charge in [-0.15, -0.1) is 0 Å². The van der Waals surface area contributed by atoms with Crippen LogP contribution in [0.4, 0.5) is 0 Å². The van der Waals surface area contributed by atoms with Gasteiger partial charge in [0.2, 0.25) is 5.91 Å². The lowest BCUT2D eigenvalue weighted by Crippen LogP contribution is -2.32. The number of hydrogen-bond acceptors (Lipinski definition) is 4. The summed E-state index contributed by atoms with van der Waals surface area (Å²) >= 11 is 0. The Hall–Kier alpha value is -4.16. The normalized spacial score (nSPS) is 18.0. The number of methoxy groups -OCH3 is 1. The van der Waals surface area contributed by atoms with Crippen molar-refractivity contribution < 1.29 is 14.3 Å². The average Bonchev–Trinajstić information content (AvgIpc) is 3.74. The molecule has 6 heteroatoms. The predicted molar refractivity (Wildman–Crippen MR) is 160 cm³/mol. The number of esters is 1. The van der Waals surface area contributed by atoms with Crippen molar-refractivity contribution in [3.8, 4) is 11.1 Å². The van der Waals surface area contributed by atoms with Crippen LogP contribution in [-0.4, -0.2) is 35.4 Å². The van der Waals surface area contributed by atoms with Crippen LogP contribution >= 0.6 is 0 Å². The fourth-order valence-corrected chi connectivity index (χ4v) is 6.35. The van der Waals surface area contributed by atoms with Crippen LogP contribution in [0.3, 0.4) is 0 Å². The first kappa shape index (κ1) is 27.0. The summed E-state index contributed by atoms with van der Waals surface area (Å²) in [6, 6.07) is 24.5. The van der Waals surface area contributed by atoms with Crippen LogP contribution in [-0.2, 0) is 35.6 Å². The molecule has 0 spiro atoms. The Balaban J connectivity index is 1.26. The molecule has 2 heterocycles. The molecule has 1 aliphatic heterocycles. The van der Waals surface area contributed by atoms with E-state index in [1.807, 2.05) is 30.3 Å². The highest BCUT2D eigenvalue weighted by Gasteiger charge is 2.43. The smallest absolute Gasteiger partial charge is 0.337 e.